The first kappa shape index (κ1) is 16.7. The number of hydrogen-bond acceptors (Lipinski definition) is 3. The van der Waals surface area contributed by atoms with Crippen LogP contribution in [-0.2, 0) is 4.79 Å². The molecule has 0 aliphatic rings. The lowest BCUT2D eigenvalue weighted by molar-refractivity contribution is -0.116. The maximum absolute atomic E-state index is 11.7. The minimum Gasteiger partial charge on any atom is -0.478 e. The molecule has 0 atom stereocenters. The van der Waals surface area contributed by atoms with Crippen LogP contribution in [0, 0.1) is 0 Å². The Hall–Kier alpha value is -1.40. The molecule has 1 aromatic rings. The van der Waals surface area contributed by atoms with Gasteiger partial charge in [0.1, 0.15) is 0 Å². The zero-order valence-electron chi connectivity index (χ0n) is 11.6. The maximum Gasteiger partial charge on any atom is 0.336 e. The van der Waals surface area contributed by atoms with E-state index in [0.29, 0.717) is 22.6 Å². The Morgan fingerprint density at radius 2 is 2.05 bits per heavy atom. The van der Waals surface area contributed by atoms with Gasteiger partial charge in [-0.15, -0.1) is 0 Å². The van der Waals surface area contributed by atoms with Gasteiger partial charge in [-0.25, -0.2) is 4.79 Å². The van der Waals surface area contributed by atoms with E-state index < -0.39 is 5.97 Å². The van der Waals surface area contributed by atoms with Crippen LogP contribution in [0.25, 0.3) is 0 Å². The lowest BCUT2D eigenvalue weighted by atomic mass is 10.2. The van der Waals surface area contributed by atoms with E-state index in [4.69, 9.17) is 5.11 Å². The number of aromatic carboxylic acids is 1. The fourth-order valence-corrected chi connectivity index (χ4v) is 2.05. The minimum atomic E-state index is -1.03. The van der Waals surface area contributed by atoms with Crippen LogP contribution in [-0.4, -0.2) is 29.6 Å². The Kier molecular flexibility index (Phi) is 6.67. The van der Waals surface area contributed by atoms with Crippen LogP contribution in [0.5, 0.6) is 0 Å². The van der Waals surface area contributed by atoms with Gasteiger partial charge in [-0.2, -0.15) is 0 Å². The average Bonchev–Trinajstić information content (AvgIpc) is 2.36. The van der Waals surface area contributed by atoms with E-state index in [0.717, 1.165) is 13.0 Å². The Labute approximate surface area is 126 Å². The summed E-state index contributed by atoms with van der Waals surface area (Å²) in [4.78, 5) is 22.7. The monoisotopic (exact) mass is 342 g/mol. The molecular formula is C14H19BrN2O3. The van der Waals surface area contributed by atoms with Gasteiger partial charge in [-0.05, 0) is 47.1 Å². The molecule has 0 aromatic heterocycles. The summed E-state index contributed by atoms with van der Waals surface area (Å²) in [5.74, 6) is -1.15. The van der Waals surface area contributed by atoms with Gasteiger partial charge in [0, 0.05) is 22.6 Å². The first-order valence-electron chi connectivity index (χ1n) is 6.46. The summed E-state index contributed by atoms with van der Waals surface area (Å²) in [6.07, 6.45) is 1.14. The predicted molar refractivity (Wildman–Crippen MR) is 82.1 cm³/mol. The molecular weight excluding hydrogens is 324 g/mol. The van der Waals surface area contributed by atoms with Gasteiger partial charge in [0.25, 0.3) is 0 Å². The molecule has 0 heterocycles. The predicted octanol–water partition coefficient (Wildman–Crippen LogP) is 2.86. The van der Waals surface area contributed by atoms with E-state index >= 15 is 0 Å². The number of anilines is 1. The number of rotatable bonds is 7. The van der Waals surface area contributed by atoms with E-state index in [1.54, 1.807) is 12.1 Å². The summed E-state index contributed by atoms with van der Waals surface area (Å²) in [5.41, 5.74) is 0.622. The van der Waals surface area contributed by atoms with Crippen LogP contribution in [0.1, 0.15) is 37.0 Å². The second-order valence-corrected chi connectivity index (χ2v) is 5.61. The molecule has 1 amide bonds. The van der Waals surface area contributed by atoms with Crippen LogP contribution in [0.3, 0.4) is 0 Å². The zero-order chi connectivity index (χ0) is 15.1. The number of nitrogens with one attached hydrogen (secondary N) is 2. The zero-order valence-corrected chi connectivity index (χ0v) is 13.2. The second kappa shape index (κ2) is 8.01. The van der Waals surface area contributed by atoms with Crippen molar-refractivity contribution in [2.75, 3.05) is 11.9 Å². The average molecular weight is 343 g/mol. The van der Waals surface area contributed by atoms with Gasteiger partial charge in [-0.1, -0.05) is 13.8 Å². The van der Waals surface area contributed by atoms with Gasteiger partial charge in [0.15, 0.2) is 0 Å². The molecule has 0 radical (unpaired) electrons. The largest absolute Gasteiger partial charge is 0.478 e. The fourth-order valence-electron chi connectivity index (χ4n) is 1.63. The highest BCUT2D eigenvalue weighted by atomic mass is 79.9. The maximum atomic E-state index is 11.7. The van der Waals surface area contributed by atoms with E-state index in [1.165, 1.54) is 6.07 Å². The number of benzene rings is 1. The molecule has 0 aliphatic carbocycles. The summed E-state index contributed by atoms with van der Waals surface area (Å²) >= 11 is 3.16. The Morgan fingerprint density at radius 1 is 1.35 bits per heavy atom. The van der Waals surface area contributed by atoms with Crippen LogP contribution < -0.4 is 10.6 Å². The number of carbonyl (C=O) groups excluding carboxylic acids is 1. The Balaban J connectivity index is 2.50. The summed E-state index contributed by atoms with van der Waals surface area (Å²) in [7, 11) is 0. The third kappa shape index (κ3) is 5.71. The topological polar surface area (TPSA) is 78.4 Å². The van der Waals surface area contributed by atoms with Crippen molar-refractivity contribution in [2.24, 2.45) is 0 Å². The van der Waals surface area contributed by atoms with Crippen molar-refractivity contribution < 1.29 is 14.7 Å². The molecule has 0 saturated heterocycles. The molecule has 1 aromatic carbocycles. The van der Waals surface area contributed by atoms with Crippen molar-refractivity contribution in [3.63, 3.8) is 0 Å². The highest BCUT2D eigenvalue weighted by molar-refractivity contribution is 9.10. The number of carboxylic acid groups (broad SMARTS) is 1. The third-order valence-corrected chi connectivity index (χ3v) is 3.31. The Morgan fingerprint density at radius 3 is 2.65 bits per heavy atom. The van der Waals surface area contributed by atoms with E-state index in [-0.39, 0.29) is 11.5 Å². The van der Waals surface area contributed by atoms with Crippen molar-refractivity contribution in [1.29, 1.82) is 0 Å². The standard InChI is InChI=1S/C14H19BrN2O3/c1-9(2)16-7-3-4-13(18)17-10-5-6-12(15)11(8-10)14(19)20/h5-6,8-9,16H,3-4,7H2,1-2H3,(H,17,18)(H,19,20). The molecule has 3 N–H and O–H groups in total. The number of carboxylic acids is 1. The molecule has 0 spiro atoms. The SMILES string of the molecule is CC(C)NCCCC(=O)Nc1ccc(Br)c(C(=O)O)c1. The normalized spacial score (nSPS) is 10.6. The van der Waals surface area contributed by atoms with Crippen LogP contribution in [0.2, 0.25) is 0 Å². The van der Waals surface area contributed by atoms with Crippen molar-refractivity contribution >= 4 is 33.5 Å². The summed E-state index contributed by atoms with van der Waals surface area (Å²) < 4.78 is 0.490. The molecule has 0 saturated carbocycles. The molecule has 0 bridgehead atoms. The molecule has 0 fully saturated rings. The number of hydrogen-bond donors (Lipinski definition) is 3. The number of amides is 1. The van der Waals surface area contributed by atoms with Gasteiger partial charge in [0.05, 0.1) is 5.56 Å². The first-order chi connectivity index (χ1) is 9.40. The van der Waals surface area contributed by atoms with Crippen LogP contribution >= 0.6 is 15.9 Å². The smallest absolute Gasteiger partial charge is 0.336 e. The summed E-state index contributed by atoms with van der Waals surface area (Å²) in [5, 5.41) is 14.9. The molecule has 0 unspecified atom stereocenters. The highest BCUT2D eigenvalue weighted by Crippen LogP contribution is 2.21. The van der Waals surface area contributed by atoms with Gasteiger partial charge < -0.3 is 15.7 Å². The molecule has 0 aliphatic heterocycles. The van der Waals surface area contributed by atoms with Gasteiger partial charge >= 0.3 is 5.97 Å². The van der Waals surface area contributed by atoms with Crippen molar-refractivity contribution in [3.8, 4) is 0 Å². The minimum absolute atomic E-state index is 0.116. The van der Waals surface area contributed by atoms with Gasteiger partial charge in [0.2, 0.25) is 5.91 Å². The molecule has 110 valence electrons. The van der Waals surface area contributed by atoms with Crippen LogP contribution in [0.15, 0.2) is 22.7 Å². The van der Waals surface area contributed by atoms with Crippen LogP contribution in [0.4, 0.5) is 5.69 Å². The van der Waals surface area contributed by atoms with Crippen molar-refractivity contribution in [3.05, 3.63) is 28.2 Å². The number of halogens is 1. The van der Waals surface area contributed by atoms with E-state index in [1.807, 2.05) is 0 Å². The van der Waals surface area contributed by atoms with Gasteiger partial charge in [-0.3, -0.25) is 4.79 Å². The van der Waals surface area contributed by atoms with E-state index in [9.17, 15) is 9.59 Å². The first-order valence-corrected chi connectivity index (χ1v) is 7.25. The second-order valence-electron chi connectivity index (χ2n) is 4.76. The molecule has 20 heavy (non-hydrogen) atoms. The molecule has 1 rings (SSSR count). The quantitative estimate of drug-likeness (QED) is 0.665. The number of carbonyl (C=O) groups is 2. The fraction of sp³-hybridized carbons (Fsp3) is 0.429. The highest BCUT2D eigenvalue weighted by Gasteiger charge is 2.10. The lowest BCUT2D eigenvalue weighted by Gasteiger charge is -2.09. The Bertz CT molecular complexity index is 489. The lowest BCUT2D eigenvalue weighted by Crippen LogP contribution is -2.24. The molecule has 5 nitrogen and oxygen atoms in total. The summed E-state index contributed by atoms with van der Waals surface area (Å²) in [6.45, 7) is 4.89. The third-order valence-electron chi connectivity index (χ3n) is 2.61. The summed E-state index contributed by atoms with van der Waals surface area (Å²) in [6, 6.07) is 5.12. The van der Waals surface area contributed by atoms with Crippen molar-refractivity contribution in [2.45, 2.75) is 32.7 Å². The molecule has 6 heteroatoms. The van der Waals surface area contributed by atoms with E-state index in [2.05, 4.69) is 40.4 Å². The van der Waals surface area contributed by atoms with Crippen molar-refractivity contribution in [1.82, 2.24) is 5.32 Å².